The summed E-state index contributed by atoms with van der Waals surface area (Å²) >= 11 is 16.9. The van der Waals surface area contributed by atoms with Gasteiger partial charge in [-0.3, -0.25) is 4.90 Å². The van der Waals surface area contributed by atoms with E-state index >= 15 is 0 Å². The molecule has 2 aromatic carbocycles. The number of hydrogen-bond donors (Lipinski definition) is 0. The molecule has 140 valence electrons. The molecule has 1 fully saturated rings. The number of halogens is 3. The average molecular weight is 417 g/mol. The number of alkyl halides is 3. The number of carbonyl (C=O) groups is 1. The number of benzene rings is 2. The minimum absolute atomic E-state index is 0.287. The van der Waals surface area contributed by atoms with Gasteiger partial charge in [0.05, 0.1) is 6.61 Å². The first kappa shape index (κ1) is 19.6. The topological polar surface area (TPSA) is 38.8 Å². The smallest absolute Gasteiger partial charge is 0.411 e. The van der Waals surface area contributed by atoms with Crippen LogP contribution in [0.1, 0.15) is 24.8 Å². The number of fused-ring (bicyclic) bond motifs is 1. The van der Waals surface area contributed by atoms with Crippen LogP contribution in [0.5, 0.6) is 0 Å². The van der Waals surface area contributed by atoms with Crippen LogP contribution < -0.4 is 0 Å². The maximum atomic E-state index is 12.3. The predicted octanol–water partition coefficient (Wildman–Crippen LogP) is 5.68. The van der Waals surface area contributed by atoms with Crippen molar-refractivity contribution in [1.29, 1.82) is 0 Å². The van der Waals surface area contributed by atoms with Crippen LogP contribution in [0.15, 0.2) is 42.5 Å². The summed E-state index contributed by atoms with van der Waals surface area (Å²) in [6.07, 6.45) is 1.81. The molecule has 3 rings (SSSR count). The zero-order valence-corrected chi connectivity index (χ0v) is 16.4. The second-order valence-corrected chi connectivity index (χ2v) is 8.82. The molecule has 26 heavy (non-hydrogen) atoms. The second kappa shape index (κ2) is 8.66. The first-order valence-corrected chi connectivity index (χ1v) is 9.65. The first-order valence-electron chi connectivity index (χ1n) is 8.52. The van der Waals surface area contributed by atoms with Crippen LogP contribution in [-0.4, -0.2) is 34.2 Å². The molecule has 7 heteroatoms. The van der Waals surface area contributed by atoms with Gasteiger partial charge >= 0.3 is 6.09 Å². The molecule has 1 saturated heterocycles. The number of piperidine rings is 1. The van der Waals surface area contributed by atoms with Gasteiger partial charge in [0.25, 0.3) is 0 Å². The van der Waals surface area contributed by atoms with Gasteiger partial charge in [-0.2, -0.15) is 0 Å². The molecule has 0 aliphatic carbocycles. The van der Waals surface area contributed by atoms with E-state index in [0.717, 1.165) is 30.2 Å². The van der Waals surface area contributed by atoms with E-state index in [9.17, 15) is 4.79 Å². The Morgan fingerprint density at radius 2 is 1.88 bits per heavy atom. The van der Waals surface area contributed by atoms with Crippen molar-refractivity contribution >= 4 is 51.7 Å². The van der Waals surface area contributed by atoms with Gasteiger partial charge in [0.1, 0.15) is 12.8 Å². The lowest BCUT2D eigenvalue weighted by Crippen LogP contribution is -2.46. The third-order valence-corrected chi connectivity index (χ3v) is 4.63. The van der Waals surface area contributed by atoms with Crippen molar-refractivity contribution < 1.29 is 14.3 Å². The van der Waals surface area contributed by atoms with Crippen molar-refractivity contribution in [1.82, 2.24) is 4.90 Å². The van der Waals surface area contributed by atoms with E-state index < -0.39 is 9.89 Å². The Balaban J connectivity index is 1.61. The molecule has 2 aromatic rings. The van der Waals surface area contributed by atoms with Crippen molar-refractivity contribution in [3.8, 4) is 0 Å². The van der Waals surface area contributed by atoms with Gasteiger partial charge in [-0.1, -0.05) is 71.2 Å². The maximum Gasteiger partial charge on any atom is 0.411 e. The van der Waals surface area contributed by atoms with E-state index in [-0.39, 0.29) is 12.8 Å². The van der Waals surface area contributed by atoms with Crippen molar-refractivity contribution in [3.63, 3.8) is 0 Å². The highest BCUT2D eigenvalue weighted by molar-refractivity contribution is 6.67. The number of ether oxygens (including phenoxy) is 2. The molecule has 4 nitrogen and oxygen atoms in total. The molecule has 0 N–H and O–H groups in total. The molecule has 1 unspecified atom stereocenters. The fourth-order valence-corrected chi connectivity index (χ4v) is 3.19. The van der Waals surface area contributed by atoms with Crippen LogP contribution in [0.25, 0.3) is 10.8 Å². The van der Waals surface area contributed by atoms with Gasteiger partial charge in [-0.25, -0.2) is 4.79 Å². The highest BCUT2D eigenvalue weighted by Gasteiger charge is 2.30. The van der Waals surface area contributed by atoms with Crippen LogP contribution in [0.3, 0.4) is 0 Å². The number of hydrogen-bond acceptors (Lipinski definition) is 3. The van der Waals surface area contributed by atoms with Crippen LogP contribution in [0.2, 0.25) is 0 Å². The highest BCUT2D eigenvalue weighted by Crippen LogP contribution is 2.27. The molecule has 0 aromatic heterocycles. The quantitative estimate of drug-likeness (QED) is 0.602. The Labute approximate surface area is 167 Å². The van der Waals surface area contributed by atoms with Gasteiger partial charge in [-0.15, -0.1) is 0 Å². The summed E-state index contributed by atoms with van der Waals surface area (Å²) in [5.41, 5.74) is 1.06. The Hall–Kier alpha value is -1.20. The van der Waals surface area contributed by atoms with E-state index in [2.05, 4.69) is 24.3 Å². The fraction of sp³-hybridized carbons (Fsp3) is 0.421. The highest BCUT2D eigenvalue weighted by atomic mass is 35.6. The first-order chi connectivity index (χ1) is 12.4. The summed E-state index contributed by atoms with van der Waals surface area (Å²) < 4.78 is 9.49. The third kappa shape index (κ3) is 5.40. The number of nitrogens with zero attached hydrogens (tertiary/aromatic N) is 1. The minimum Gasteiger partial charge on any atom is -0.445 e. The number of likely N-dealkylation sites (tertiary alicyclic amines) is 1. The van der Waals surface area contributed by atoms with Gasteiger partial charge < -0.3 is 9.47 Å². The van der Waals surface area contributed by atoms with Crippen molar-refractivity contribution in [2.45, 2.75) is 35.9 Å². The lowest BCUT2D eigenvalue weighted by Gasteiger charge is -2.34. The molecule has 0 spiro atoms. The molecule has 1 amide bonds. The molecular formula is C19H20Cl3NO3. The lowest BCUT2D eigenvalue weighted by atomic mass is 10.1. The molecule has 1 heterocycles. The Bertz CT molecular complexity index is 763. The van der Waals surface area contributed by atoms with Crippen molar-refractivity contribution in [2.24, 2.45) is 0 Å². The van der Waals surface area contributed by atoms with E-state index in [0.29, 0.717) is 13.2 Å². The van der Waals surface area contributed by atoms with Crippen LogP contribution in [-0.2, 0) is 16.1 Å². The number of carbonyl (C=O) groups excluding carboxylic acids is 1. The summed E-state index contributed by atoms with van der Waals surface area (Å²) in [5.74, 6) is 0. The largest absolute Gasteiger partial charge is 0.445 e. The average Bonchev–Trinajstić information content (AvgIpc) is 2.64. The molecule has 0 radical (unpaired) electrons. The molecule has 1 atom stereocenters. The van der Waals surface area contributed by atoms with E-state index in [1.807, 2.05) is 18.2 Å². The Morgan fingerprint density at radius 1 is 1.12 bits per heavy atom. The van der Waals surface area contributed by atoms with Gasteiger partial charge in [0, 0.05) is 6.54 Å². The number of amides is 1. The zero-order chi connectivity index (χ0) is 18.6. The molecule has 0 bridgehead atoms. The SMILES string of the molecule is O=C(OCC(Cl)(Cl)Cl)N1CCCCC1OCc1ccc2ccccc2c1. The van der Waals surface area contributed by atoms with Crippen molar-refractivity contribution in [2.75, 3.05) is 13.2 Å². The van der Waals surface area contributed by atoms with E-state index in [4.69, 9.17) is 44.3 Å². The van der Waals surface area contributed by atoms with E-state index in [1.165, 1.54) is 5.39 Å². The zero-order valence-electron chi connectivity index (χ0n) is 14.2. The van der Waals surface area contributed by atoms with Crippen LogP contribution >= 0.6 is 34.8 Å². The molecule has 1 aliphatic heterocycles. The van der Waals surface area contributed by atoms with Gasteiger partial charge in [-0.05, 0) is 41.7 Å². The second-order valence-electron chi connectivity index (χ2n) is 6.31. The lowest BCUT2D eigenvalue weighted by molar-refractivity contribution is -0.0791. The molecule has 0 saturated carbocycles. The summed E-state index contributed by atoms with van der Waals surface area (Å²) in [5, 5.41) is 2.35. The molecular weight excluding hydrogens is 397 g/mol. The monoisotopic (exact) mass is 415 g/mol. The maximum absolute atomic E-state index is 12.3. The molecule has 1 aliphatic rings. The van der Waals surface area contributed by atoms with Gasteiger partial charge in [0.15, 0.2) is 0 Å². The summed E-state index contributed by atoms with van der Waals surface area (Å²) in [6, 6.07) is 14.4. The van der Waals surface area contributed by atoms with Crippen molar-refractivity contribution in [3.05, 3.63) is 48.0 Å². The fourth-order valence-electron chi connectivity index (χ4n) is 3.03. The van der Waals surface area contributed by atoms with Crippen LogP contribution in [0.4, 0.5) is 4.79 Å². The minimum atomic E-state index is -1.62. The van der Waals surface area contributed by atoms with E-state index in [1.54, 1.807) is 4.90 Å². The number of rotatable bonds is 4. The third-order valence-electron chi connectivity index (χ3n) is 4.30. The summed E-state index contributed by atoms with van der Waals surface area (Å²) in [6.45, 7) is 0.704. The Kier molecular flexibility index (Phi) is 6.51. The Morgan fingerprint density at radius 3 is 2.65 bits per heavy atom. The summed E-state index contributed by atoms with van der Waals surface area (Å²) in [7, 11) is 0. The normalized spacial score (nSPS) is 18.1. The standard InChI is InChI=1S/C19H20Cl3NO3/c20-19(21,22)13-26-18(24)23-10-4-3-7-17(23)25-12-14-8-9-15-5-1-2-6-16(15)11-14/h1-2,5-6,8-9,11,17H,3-4,7,10,12-13H2. The summed E-state index contributed by atoms with van der Waals surface area (Å²) in [4.78, 5) is 13.9. The van der Waals surface area contributed by atoms with Gasteiger partial charge in [0.2, 0.25) is 3.79 Å². The van der Waals surface area contributed by atoms with Crippen LogP contribution in [0, 0.1) is 0 Å². The predicted molar refractivity (Wildman–Crippen MR) is 105 cm³/mol.